The summed E-state index contributed by atoms with van der Waals surface area (Å²) < 4.78 is 6.93. The molecule has 0 saturated heterocycles. The van der Waals surface area contributed by atoms with E-state index < -0.39 is 4.92 Å². The third-order valence-corrected chi connectivity index (χ3v) is 2.77. The fourth-order valence-corrected chi connectivity index (χ4v) is 1.79. The molecule has 0 unspecified atom stereocenters. The Balaban J connectivity index is 2.39. The maximum atomic E-state index is 11.0. The highest BCUT2D eigenvalue weighted by Gasteiger charge is 2.23. The molecule has 1 N–H and O–H groups in total. The number of ether oxygens (including phenoxy) is 1. The summed E-state index contributed by atoms with van der Waals surface area (Å²) in [6.45, 7) is 5.83. The first-order chi connectivity index (χ1) is 9.07. The Labute approximate surface area is 113 Å². The lowest BCUT2D eigenvalue weighted by Gasteiger charge is -2.06. The highest BCUT2D eigenvalue weighted by Crippen LogP contribution is 2.26. The third kappa shape index (κ3) is 4.51. The quantitative estimate of drug-likeness (QED) is 0.423. The molecule has 0 atom stereocenters. The average molecular weight is 270 g/mol. The number of aryl methyl sites for hydroxylation is 2. The van der Waals surface area contributed by atoms with Crippen molar-refractivity contribution >= 4 is 11.5 Å². The number of nitro groups is 1. The van der Waals surface area contributed by atoms with Gasteiger partial charge in [-0.1, -0.05) is 13.3 Å². The van der Waals surface area contributed by atoms with E-state index in [2.05, 4.69) is 17.3 Å². The minimum absolute atomic E-state index is 0.0504. The van der Waals surface area contributed by atoms with E-state index in [9.17, 15) is 10.1 Å². The second kappa shape index (κ2) is 7.73. The van der Waals surface area contributed by atoms with Crippen LogP contribution in [0.25, 0.3) is 0 Å². The SMILES string of the molecule is CCCCOCCCNc1c([N+](=O)[O-])c(C)nn1C. The van der Waals surface area contributed by atoms with Crippen molar-refractivity contribution in [3.8, 4) is 0 Å². The van der Waals surface area contributed by atoms with Crippen molar-refractivity contribution in [2.45, 2.75) is 33.1 Å². The van der Waals surface area contributed by atoms with Crippen LogP contribution in [-0.2, 0) is 11.8 Å². The zero-order valence-electron chi connectivity index (χ0n) is 11.8. The molecule has 0 spiro atoms. The van der Waals surface area contributed by atoms with E-state index in [-0.39, 0.29) is 5.69 Å². The predicted octanol–water partition coefficient (Wildman–Crippen LogP) is 2.26. The summed E-state index contributed by atoms with van der Waals surface area (Å²) in [4.78, 5) is 10.6. The minimum Gasteiger partial charge on any atom is -0.381 e. The van der Waals surface area contributed by atoms with Gasteiger partial charge in [-0.2, -0.15) is 5.10 Å². The smallest absolute Gasteiger partial charge is 0.333 e. The molecule has 108 valence electrons. The van der Waals surface area contributed by atoms with Crippen LogP contribution in [0.2, 0.25) is 0 Å². The van der Waals surface area contributed by atoms with Crippen LogP contribution in [0.3, 0.4) is 0 Å². The van der Waals surface area contributed by atoms with Crippen molar-refractivity contribution in [3.63, 3.8) is 0 Å². The van der Waals surface area contributed by atoms with Crippen molar-refractivity contribution in [1.82, 2.24) is 9.78 Å². The molecule has 0 aliphatic carbocycles. The Morgan fingerprint density at radius 1 is 1.42 bits per heavy atom. The van der Waals surface area contributed by atoms with E-state index >= 15 is 0 Å². The van der Waals surface area contributed by atoms with Gasteiger partial charge in [0, 0.05) is 26.8 Å². The van der Waals surface area contributed by atoms with Gasteiger partial charge in [0.1, 0.15) is 5.69 Å². The lowest BCUT2D eigenvalue weighted by Crippen LogP contribution is -2.10. The number of hydrogen-bond donors (Lipinski definition) is 1. The van der Waals surface area contributed by atoms with E-state index in [0.717, 1.165) is 25.9 Å². The van der Waals surface area contributed by atoms with Gasteiger partial charge in [-0.3, -0.25) is 10.1 Å². The molecule has 0 saturated carbocycles. The van der Waals surface area contributed by atoms with Gasteiger partial charge in [-0.15, -0.1) is 0 Å². The molecule has 7 nitrogen and oxygen atoms in total. The molecular formula is C12H22N4O3. The van der Waals surface area contributed by atoms with Gasteiger partial charge in [0.2, 0.25) is 5.82 Å². The molecule has 0 aliphatic rings. The van der Waals surface area contributed by atoms with Crippen LogP contribution in [0, 0.1) is 17.0 Å². The van der Waals surface area contributed by atoms with Crippen LogP contribution >= 0.6 is 0 Å². The van der Waals surface area contributed by atoms with Crippen molar-refractivity contribution in [2.24, 2.45) is 7.05 Å². The fraction of sp³-hybridized carbons (Fsp3) is 0.750. The number of unbranched alkanes of at least 4 members (excludes halogenated alkanes) is 1. The summed E-state index contributed by atoms with van der Waals surface area (Å²) >= 11 is 0. The van der Waals surface area contributed by atoms with Crippen LogP contribution in [0.5, 0.6) is 0 Å². The molecule has 1 aromatic heterocycles. The van der Waals surface area contributed by atoms with Crippen LogP contribution in [0.1, 0.15) is 31.9 Å². The zero-order valence-corrected chi connectivity index (χ0v) is 11.8. The molecule has 0 radical (unpaired) electrons. The van der Waals surface area contributed by atoms with E-state index in [1.807, 2.05) is 0 Å². The van der Waals surface area contributed by atoms with Crippen molar-refractivity contribution in [3.05, 3.63) is 15.8 Å². The Morgan fingerprint density at radius 3 is 2.74 bits per heavy atom. The first kappa shape index (κ1) is 15.4. The monoisotopic (exact) mass is 270 g/mol. The molecule has 1 aromatic rings. The fourth-order valence-electron chi connectivity index (χ4n) is 1.79. The Kier molecular flexibility index (Phi) is 6.27. The summed E-state index contributed by atoms with van der Waals surface area (Å²) in [6.07, 6.45) is 3.00. The third-order valence-electron chi connectivity index (χ3n) is 2.77. The molecule has 19 heavy (non-hydrogen) atoms. The van der Waals surface area contributed by atoms with E-state index in [1.54, 1.807) is 14.0 Å². The maximum absolute atomic E-state index is 11.0. The van der Waals surface area contributed by atoms with Gasteiger partial charge in [0.05, 0.1) is 4.92 Å². The predicted molar refractivity (Wildman–Crippen MR) is 73.4 cm³/mol. The summed E-state index contributed by atoms with van der Waals surface area (Å²) in [5.74, 6) is 0.455. The van der Waals surface area contributed by atoms with Gasteiger partial charge in [0.15, 0.2) is 0 Å². The molecule has 1 heterocycles. The molecule has 1 rings (SSSR count). The number of hydrogen-bond acceptors (Lipinski definition) is 5. The van der Waals surface area contributed by atoms with E-state index in [1.165, 1.54) is 4.68 Å². The molecule has 0 aliphatic heterocycles. The van der Waals surface area contributed by atoms with Crippen LogP contribution in [0.4, 0.5) is 11.5 Å². The molecule has 0 amide bonds. The zero-order chi connectivity index (χ0) is 14.3. The summed E-state index contributed by atoms with van der Waals surface area (Å²) in [7, 11) is 1.69. The normalized spacial score (nSPS) is 10.7. The highest BCUT2D eigenvalue weighted by molar-refractivity contribution is 5.59. The highest BCUT2D eigenvalue weighted by atomic mass is 16.6. The summed E-state index contributed by atoms with van der Waals surface area (Å²) in [5.41, 5.74) is 0.476. The minimum atomic E-state index is -0.400. The maximum Gasteiger partial charge on any atom is 0.333 e. The standard InChI is InChI=1S/C12H22N4O3/c1-4-5-8-19-9-6-7-13-12-11(16(17)18)10(2)14-15(12)3/h13H,4-9H2,1-3H3. The first-order valence-corrected chi connectivity index (χ1v) is 6.57. The average Bonchev–Trinajstić information content (AvgIpc) is 2.63. The number of anilines is 1. The second-order valence-electron chi connectivity index (χ2n) is 4.41. The van der Waals surface area contributed by atoms with Crippen LogP contribution in [-0.4, -0.2) is 34.5 Å². The van der Waals surface area contributed by atoms with Gasteiger partial charge in [-0.05, 0) is 19.8 Å². The molecule has 0 fully saturated rings. The largest absolute Gasteiger partial charge is 0.381 e. The van der Waals surface area contributed by atoms with E-state index in [4.69, 9.17) is 4.74 Å². The molecule has 0 aromatic carbocycles. The van der Waals surface area contributed by atoms with Crippen LogP contribution < -0.4 is 5.32 Å². The Hall–Kier alpha value is -1.63. The number of aromatic nitrogens is 2. The van der Waals surface area contributed by atoms with Crippen LogP contribution in [0.15, 0.2) is 0 Å². The number of rotatable bonds is 9. The molecular weight excluding hydrogens is 248 g/mol. The van der Waals surface area contributed by atoms with Gasteiger partial charge < -0.3 is 10.1 Å². The second-order valence-corrected chi connectivity index (χ2v) is 4.41. The van der Waals surface area contributed by atoms with Crippen molar-refractivity contribution < 1.29 is 9.66 Å². The molecule has 7 heteroatoms. The van der Waals surface area contributed by atoms with Crippen molar-refractivity contribution in [1.29, 1.82) is 0 Å². The summed E-state index contributed by atoms with van der Waals surface area (Å²) in [6, 6.07) is 0. The molecule has 0 bridgehead atoms. The summed E-state index contributed by atoms with van der Waals surface area (Å²) in [5, 5.41) is 18.1. The first-order valence-electron chi connectivity index (χ1n) is 6.57. The topological polar surface area (TPSA) is 82.2 Å². The number of nitrogens with one attached hydrogen (secondary N) is 1. The van der Waals surface area contributed by atoms with E-state index in [0.29, 0.717) is 24.7 Å². The van der Waals surface area contributed by atoms with Gasteiger partial charge in [0.25, 0.3) is 0 Å². The Bertz CT molecular complexity index is 417. The van der Waals surface area contributed by atoms with Crippen molar-refractivity contribution in [2.75, 3.05) is 25.1 Å². The lowest BCUT2D eigenvalue weighted by molar-refractivity contribution is -0.384. The number of nitrogens with zero attached hydrogens (tertiary/aromatic N) is 3. The van der Waals surface area contributed by atoms with Gasteiger partial charge >= 0.3 is 5.69 Å². The lowest BCUT2D eigenvalue weighted by atomic mass is 10.3. The van der Waals surface area contributed by atoms with Gasteiger partial charge in [-0.25, -0.2) is 4.68 Å². The Morgan fingerprint density at radius 2 is 2.11 bits per heavy atom.